The molecule has 0 aromatic heterocycles. The maximum Gasteiger partial charge on any atom is 0.171 e. The number of Topliss-reactive ketones (excluding diaryl/α,β-unsaturated/α-hetero) is 1. The Labute approximate surface area is 185 Å². The standard InChI is InChI=1S/C28H38OSi/c1-8-9-17-28(29)26(18-19-30(21(2)3,22(4)5)23(6)7)20-25-15-12-14-24-13-10-11-16-27(24)25/h10-16,20-23H,8-9,17H2,1-7H3/b26-20+. The molecule has 160 valence electrons. The SMILES string of the molecule is CCCCC(=O)/C(C#C[Si](C(C)C)(C(C)C)C(C)C)=C/c1cccc2ccccc12. The smallest absolute Gasteiger partial charge is 0.171 e. The van der Waals surface area contributed by atoms with Crippen LogP contribution in [0.25, 0.3) is 16.8 Å². The van der Waals surface area contributed by atoms with Crippen LogP contribution in [-0.2, 0) is 4.79 Å². The van der Waals surface area contributed by atoms with E-state index in [9.17, 15) is 4.79 Å². The monoisotopic (exact) mass is 418 g/mol. The van der Waals surface area contributed by atoms with Crippen LogP contribution in [0.3, 0.4) is 0 Å². The molecule has 0 bridgehead atoms. The second kappa shape index (κ2) is 10.8. The highest BCUT2D eigenvalue weighted by Crippen LogP contribution is 2.40. The molecule has 0 amide bonds. The van der Waals surface area contributed by atoms with Crippen LogP contribution < -0.4 is 0 Å². The molecule has 0 unspecified atom stereocenters. The Morgan fingerprint density at radius 3 is 2.13 bits per heavy atom. The number of hydrogen-bond donors (Lipinski definition) is 0. The van der Waals surface area contributed by atoms with Crippen LogP contribution in [0.15, 0.2) is 48.0 Å². The zero-order valence-corrected chi connectivity index (χ0v) is 20.9. The van der Waals surface area contributed by atoms with Crippen LogP contribution in [0.5, 0.6) is 0 Å². The number of unbranched alkanes of at least 4 members (excludes halogenated alkanes) is 1. The summed E-state index contributed by atoms with van der Waals surface area (Å²) in [6, 6.07) is 14.6. The Kier molecular flexibility index (Phi) is 8.68. The predicted octanol–water partition coefficient (Wildman–Crippen LogP) is 8.20. The van der Waals surface area contributed by atoms with E-state index in [1.54, 1.807) is 0 Å². The van der Waals surface area contributed by atoms with Crippen molar-refractivity contribution in [3.8, 4) is 11.5 Å². The lowest BCUT2D eigenvalue weighted by atomic mass is 9.99. The predicted molar refractivity (Wildman–Crippen MR) is 135 cm³/mol. The summed E-state index contributed by atoms with van der Waals surface area (Å²) >= 11 is 0. The third-order valence-electron chi connectivity index (χ3n) is 6.46. The number of ketones is 1. The lowest BCUT2D eigenvalue weighted by molar-refractivity contribution is -0.115. The van der Waals surface area contributed by atoms with Gasteiger partial charge in [-0.2, -0.15) is 0 Å². The number of allylic oxidation sites excluding steroid dienone is 1. The van der Waals surface area contributed by atoms with E-state index in [-0.39, 0.29) is 5.78 Å². The van der Waals surface area contributed by atoms with E-state index in [4.69, 9.17) is 0 Å². The molecule has 0 saturated carbocycles. The van der Waals surface area contributed by atoms with Gasteiger partial charge in [-0.15, -0.1) is 5.54 Å². The van der Waals surface area contributed by atoms with Crippen LogP contribution >= 0.6 is 0 Å². The van der Waals surface area contributed by atoms with Gasteiger partial charge >= 0.3 is 0 Å². The fraction of sp³-hybridized carbons (Fsp3) is 0.464. The molecule has 0 spiro atoms. The van der Waals surface area contributed by atoms with Crippen molar-refractivity contribution < 1.29 is 4.79 Å². The number of carbonyl (C=O) groups excluding carboxylic acids is 1. The molecule has 0 aliphatic rings. The first-order chi connectivity index (χ1) is 14.2. The third kappa shape index (κ3) is 5.32. The normalized spacial score (nSPS) is 12.5. The summed E-state index contributed by atoms with van der Waals surface area (Å²) in [7, 11) is -1.89. The molecule has 2 aromatic rings. The Balaban J connectivity index is 2.64. The molecule has 2 aromatic carbocycles. The van der Waals surface area contributed by atoms with Crippen molar-refractivity contribution in [3.63, 3.8) is 0 Å². The molecule has 0 saturated heterocycles. The fourth-order valence-electron chi connectivity index (χ4n) is 4.80. The van der Waals surface area contributed by atoms with Crippen molar-refractivity contribution in [3.05, 3.63) is 53.6 Å². The Bertz CT molecular complexity index is 926. The number of rotatable bonds is 8. The van der Waals surface area contributed by atoms with Crippen molar-refractivity contribution in [1.82, 2.24) is 0 Å². The van der Waals surface area contributed by atoms with Crippen molar-refractivity contribution in [2.75, 3.05) is 0 Å². The molecular formula is C28H38OSi. The Morgan fingerprint density at radius 1 is 0.933 bits per heavy atom. The van der Waals surface area contributed by atoms with E-state index >= 15 is 0 Å². The largest absolute Gasteiger partial charge is 0.293 e. The van der Waals surface area contributed by atoms with E-state index < -0.39 is 8.07 Å². The van der Waals surface area contributed by atoms with Gasteiger partial charge in [0, 0.05) is 6.42 Å². The zero-order chi connectivity index (χ0) is 22.3. The summed E-state index contributed by atoms with van der Waals surface area (Å²) in [6.45, 7) is 16.0. The molecule has 0 radical (unpaired) electrons. The van der Waals surface area contributed by atoms with E-state index in [0.29, 0.717) is 28.6 Å². The minimum Gasteiger partial charge on any atom is -0.293 e. The van der Waals surface area contributed by atoms with Gasteiger partial charge in [0.05, 0.1) is 5.57 Å². The average molecular weight is 419 g/mol. The minimum atomic E-state index is -1.89. The summed E-state index contributed by atoms with van der Waals surface area (Å²) in [5.41, 5.74) is 7.16. The summed E-state index contributed by atoms with van der Waals surface area (Å²) in [5.74, 6) is 3.63. The first kappa shape index (κ1) is 24.2. The van der Waals surface area contributed by atoms with Gasteiger partial charge in [0.25, 0.3) is 0 Å². The number of hydrogen-bond acceptors (Lipinski definition) is 1. The molecule has 2 rings (SSSR count). The maximum absolute atomic E-state index is 13.1. The summed E-state index contributed by atoms with van der Waals surface area (Å²) in [5, 5.41) is 2.36. The summed E-state index contributed by atoms with van der Waals surface area (Å²) in [4.78, 5) is 13.1. The molecule has 0 aliphatic carbocycles. The topological polar surface area (TPSA) is 17.1 Å². The Morgan fingerprint density at radius 2 is 1.53 bits per heavy atom. The van der Waals surface area contributed by atoms with Crippen molar-refractivity contribution in [1.29, 1.82) is 0 Å². The van der Waals surface area contributed by atoms with Crippen LogP contribution in [0.4, 0.5) is 0 Å². The quantitative estimate of drug-likeness (QED) is 0.240. The second-order valence-corrected chi connectivity index (χ2v) is 14.9. The second-order valence-electron chi connectivity index (χ2n) is 9.30. The third-order valence-corrected chi connectivity index (χ3v) is 12.8. The van der Waals surface area contributed by atoms with Crippen LogP contribution in [0.1, 0.15) is 73.3 Å². The van der Waals surface area contributed by atoms with Crippen LogP contribution in [0, 0.1) is 11.5 Å². The van der Waals surface area contributed by atoms with Crippen LogP contribution in [-0.4, -0.2) is 13.9 Å². The molecule has 30 heavy (non-hydrogen) atoms. The van der Waals surface area contributed by atoms with E-state index in [1.165, 1.54) is 10.8 Å². The highest BCUT2D eigenvalue weighted by Gasteiger charge is 2.41. The van der Waals surface area contributed by atoms with Gasteiger partial charge in [-0.25, -0.2) is 0 Å². The molecule has 0 aliphatic heterocycles. The van der Waals surface area contributed by atoms with Crippen LogP contribution in [0.2, 0.25) is 16.6 Å². The fourth-order valence-corrected chi connectivity index (χ4v) is 10.0. The molecule has 0 atom stereocenters. The van der Waals surface area contributed by atoms with Crippen molar-refractivity contribution >= 4 is 30.7 Å². The number of benzene rings is 2. The highest BCUT2D eigenvalue weighted by molar-refractivity contribution is 6.90. The maximum atomic E-state index is 13.1. The van der Waals surface area contributed by atoms with Gasteiger partial charge in [-0.1, -0.05) is 103 Å². The minimum absolute atomic E-state index is 0.177. The van der Waals surface area contributed by atoms with E-state index in [0.717, 1.165) is 18.4 Å². The van der Waals surface area contributed by atoms with Crippen molar-refractivity contribution in [2.24, 2.45) is 0 Å². The van der Waals surface area contributed by atoms with Gasteiger partial charge in [-0.3, -0.25) is 4.79 Å². The molecule has 0 heterocycles. The van der Waals surface area contributed by atoms with Gasteiger partial charge < -0.3 is 0 Å². The summed E-state index contributed by atoms with van der Waals surface area (Å²) in [6.07, 6.45) is 4.53. The molecular weight excluding hydrogens is 380 g/mol. The number of carbonyl (C=O) groups is 1. The zero-order valence-electron chi connectivity index (χ0n) is 19.9. The highest BCUT2D eigenvalue weighted by atomic mass is 28.3. The average Bonchev–Trinajstić information content (AvgIpc) is 2.70. The lowest BCUT2D eigenvalue weighted by Gasteiger charge is -2.38. The molecule has 1 nitrogen and oxygen atoms in total. The molecule has 2 heteroatoms. The van der Waals surface area contributed by atoms with Gasteiger partial charge in [-0.05, 0) is 45.5 Å². The Hall–Kier alpha value is -2.11. The first-order valence-electron chi connectivity index (χ1n) is 11.5. The number of fused-ring (bicyclic) bond motifs is 1. The van der Waals surface area contributed by atoms with Gasteiger partial charge in [0.1, 0.15) is 8.07 Å². The molecule has 0 fully saturated rings. The van der Waals surface area contributed by atoms with E-state index in [1.807, 2.05) is 6.08 Å². The van der Waals surface area contributed by atoms with Crippen molar-refractivity contribution in [2.45, 2.75) is 84.4 Å². The summed E-state index contributed by atoms with van der Waals surface area (Å²) < 4.78 is 0. The van der Waals surface area contributed by atoms with Gasteiger partial charge in [0.15, 0.2) is 5.78 Å². The van der Waals surface area contributed by atoms with Gasteiger partial charge in [0.2, 0.25) is 0 Å². The molecule has 0 N–H and O–H groups in total. The first-order valence-corrected chi connectivity index (χ1v) is 13.7. The van der Waals surface area contributed by atoms with E-state index in [2.05, 4.69) is 102 Å². The lowest BCUT2D eigenvalue weighted by Crippen LogP contribution is -2.43.